The molecule has 0 rings (SSSR count). The van der Waals surface area contributed by atoms with Crippen LogP contribution >= 0.6 is 0 Å². The highest BCUT2D eigenvalue weighted by Crippen LogP contribution is 2.17. The second-order valence-electron chi connectivity index (χ2n) is 21.4. The Balaban J connectivity index is 3.40. The van der Waals surface area contributed by atoms with Crippen molar-refractivity contribution in [1.82, 2.24) is 5.32 Å². The van der Waals surface area contributed by atoms with Crippen LogP contribution in [0.15, 0.2) is 36.5 Å². The van der Waals surface area contributed by atoms with Gasteiger partial charge < -0.3 is 20.3 Å². The second-order valence-corrected chi connectivity index (χ2v) is 21.4. The lowest BCUT2D eigenvalue weighted by molar-refractivity contribution is -0.143. The number of unbranched alkanes of at least 4 members (excludes halogenated alkanes) is 43. The molecule has 0 spiro atoms. The number of aliphatic hydroxyl groups is 2. The van der Waals surface area contributed by atoms with E-state index in [1.165, 1.54) is 263 Å². The van der Waals surface area contributed by atoms with Gasteiger partial charge in [-0.05, 0) is 83.5 Å². The van der Waals surface area contributed by atoms with E-state index in [-0.39, 0.29) is 18.5 Å². The normalized spacial score (nSPS) is 12.8. The molecule has 0 aliphatic carbocycles. The van der Waals surface area contributed by atoms with Crippen molar-refractivity contribution in [3.05, 3.63) is 36.5 Å². The zero-order valence-electron chi connectivity index (χ0n) is 47.0. The number of aliphatic hydroxyl groups excluding tert-OH is 2. The topological polar surface area (TPSA) is 95.9 Å². The molecule has 0 saturated heterocycles. The molecule has 2 atom stereocenters. The zero-order valence-corrected chi connectivity index (χ0v) is 47.0. The summed E-state index contributed by atoms with van der Waals surface area (Å²) in [5.41, 5.74) is 0. The highest BCUT2D eigenvalue weighted by molar-refractivity contribution is 5.76. The van der Waals surface area contributed by atoms with E-state index in [0.29, 0.717) is 19.4 Å². The van der Waals surface area contributed by atoms with Crippen molar-refractivity contribution in [3.63, 3.8) is 0 Å². The minimum atomic E-state index is -0.844. The molecule has 0 aromatic carbocycles. The highest BCUT2D eigenvalue weighted by Gasteiger charge is 2.18. The smallest absolute Gasteiger partial charge is 0.305 e. The van der Waals surface area contributed by atoms with E-state index in [9.17, 15) is 19.8 Å². The molecule has 1 amide bonds. The maximum absolute atomic E-state index is 12.4. The van der Waals surface area contributed by atoms with Gasteiger partial charge in [0.25, 0.3) is 0 Å². The number of rotatable bonds is 58. The van der Waals surface area contributed by atoms with Gasteiger partial charge in [0.05, 0.1) is 25.4 Å². The van der Waals surface area contributed by atoms with E-state index in [0.717, 1.165) is 44.9 Å². The third-order valence-corrected chi connectivity index (χ3v) is 14.4. The van der Waals surface area contributed by atoms with E-state index in [1.807, 2.05) is 6.08 Å². The molecule has 0 aromatic heterocycles. The third-order valence-electron chi connectivity index (χ3n) is 14.4. The van der Waals surface area contributed by atoms with E-state index in [2.05, 4.69) is 43.5 Å². The Hall–Kier alpha value is -1.92. The zero-order chi connectivity index (χ0) is 50.7. The maximum atomic E-state index is 12.4. The molecule has 0 bridgehead atoms. The first-order chi connectivity index (χ1) is 34.5. The van der Waals surface area contributed by atoms with Crippen molar-refractivity contribution in [2.45, 2.75) is 347 Å². The van der Waals surface area contributed by atoms with E-state index >= 15 is 0 Å². The SMILES string of the molecule is CCCCCC/C=C\CCCCCCCC(=O)OCCCCCCCCCCCCCC/C=C\CCCCCCCCCCCCCC(=O)NC(CO)C(O)/C=C/CCCCCCCCCCCCC. The number of esters is 1. The fraction of sp³-hybridized carbons (Fsp3) is 0.875. The first-order valence-corrected chi connectivity index (χ1v) is 31.3. The molecule has 0 saturated carbocycles. The lowest BCUT2D eigenvalue weighted by Gasteiger charge is -2.20. The van der Waals surface area contributed by atoms with Crippen molar-refractivity contribution in [2.75, 3.05) is 13.2 Å². The van der Waals surface area contributed by atoms with Crippen LogP contribution in [0.25, 0.3) is 0 Å². The van der Waals surface area contributed by atoms with Gasteiger partial charge in [-0.2, -0.15) is 0 Å². The Labute approximate surface area is 436 Å². The van der Waals surface area contributed by atoms with Gasteiger partial charge in [0.2, 0.25) is 5.91 Å². The number of hydrogen-bond donors (Lipinski definition) is 3. The number of nitrogens with one attached hydrogen (secondary N) is 1. The second kappa shape index (κ2) is 59.6. The van der Waals surface area contributed by atoms with Crippen LogP contribution in [0.2, 0.25) is 0 Å². The van der Waals surface area contributed by atoms with Crippen LogP contribution in [0.1, 0.15) is 335 Å². The van der Waals surface area contributed by atoms with Gasteiger partial charge in [-0.15, -0.1) is 0 Å². The van der Waals surface area contributed by atoms with Gasteiger partial charge in [-0.1, -0.05) is 275 Å². The number of carbonyl (C=O) groups excluding carboxylic acids is 2. The van der Waals surface area contributed by atoms with Crippen molar-refractivity contribution >= 4 is 11.9 Å². The van der Waals surface area contributed by atoms with Crippen LogP contribution in [0.3, 0.4) is 0 Å². The standard InChI is InChI=1S/C64H121NO5/c1-3-5-7-9-11-13-15-32-36-40-44-48-52-56-62(67)61(60-66)65-63(68)57-53-49-45-41-37-34-30-28-26-24-22-20-18-17-19-21-23-25-27-29-31-35-39-43-47-51-55-59-70-64(69)58-54-50-46-42-38-33-16-14-12-10-8-6-4-2/h14,16-18,52,56,61-62,66-67H,3-13,15,19-51,53-55,57-60H2,1-2H3,(H,65,68)/b16-14-,18-17-,56-52+. The number of allylic oxidation sites excluding steroid dienone is 5. The Morgan fingerprint density at radius 1 is 0.386 bits per heavy atom. The Morgan fingerprint density at radius 2 is 0.671 bits per heavy atom. The fourth-order valence-electron chi connectivity index (χ4n) is 9.57. The third kappa shape index (κ3) is 55.4. The van der Waals surface area contributed by atoms with Gasteiger partial charge in [-0.25, -0.2) is 0 Å². The first-order valence-electron chi connectivity index (χ1n) is 31.3. The lowest BCUT2D eigenvalue weighted by atomic mass is 10.0. The van der Waals surface area contributed by atoms with Crippen molar-refractivity contribution in [2.24, 2.45) is 0 Å². The van der Waals surface area contributed by atoms with Crippen LogP contribution in [-0.4, -0.2) is 47.4 Å². The van der Waals surface area contributed by atoms with E-state index in [4.69, 9.17) is 4.74 Å². The van der Waals surface area contributed by atoms with Crippen LogP contribution in [-0.2, 0) is 14.3 Å². The molecular weight excluding hydrogens is 863 g/mol. The quantitative estimate of drug-likeness (QED) is 0.0321. The predicted octanol–water partition coefficient (Wildman–Crippen LogP) is 19.6. The summed E-state index contributed by atoms with van der Waals surface area (Å²) < 4.78 is 5.47. The summed E-state index contributed by atoms with van der Waals surface area (Å²) in [7, 11) is 0. The number of ether oxygens (including phenoxy) is 1. The van der Waals surface area contributed by atoms with Gasteiger partial charge in [0.15, 0.2) is 0 Å². The lowest BCUT2D eigenvalue weighted by Crippen LogP contribution is -2.45. The van der Waals surface area contributed by atoms with Gasteiger partial charge >= 0.3 is 5.97 Å². The van der Waals surface area contributed by atoms with Crippen molar-refractivity contribution < 1.29 is 24.5 Å². The molecule has 0 aromatic rings. The summed E-state index contributed by atoms with van der Waals surface area (Å²) in [6.07, 6.45) is 74.8. The van der Waals surface area contributed by atoms with E-state index in [1.54, 1.807) is 6.08 Å². The molecule has 0 aliphatic rings. The summed E-state index contributed by atoms with van der Waals surface area (Å²) in [5, 5.41) is 23.1. The number of carbonyl (C=O) groups is 2. The molecule has 70 heavy (non-hydrogen) atoms. The average Bonchev–Trinajstić information content (AvgIpc) is 3.36. The first kappa shape index (κ1) is 68.1. The molecule has 2 unspecified atom stereocenters. The Morgan fingerprint density at radius 3 is 1.03 bits per heavy atom. The number of hydrogen-bond acceptors (Lipinski definition) is 5. The van der Waals surface area contributed by atoms with Crippen LogP contribution in [0.4, 0.5) is 0 Å². The van der Waals surface area contributed by atoms with Crippen LogP contribution < -0.4 is 5.32 Å². The van der Waals surface area contributed by atoms with Crippen LogP contribution in [0, 0.1) is 0 Å². The minimum absolute atomic E-state index is 0.00531. The molecule has 0 aliphatic heterocycles. The largest absolute Gasteiger partial charge is 0.466 e. The summed E-state index contributed by atoms with van der Waals surface area (Å²) in [6, 6.07) is -0.628. The van der Waals surface area contributed by atoms with E-state index < -0.39 is 12.1 Å². The summed E-state index contributed by atoms with van der Waals surface area (Å²) in [6.45, 7) is 4.89. The summed E-state index contributed by atoms with van der Waals surface area (Å²) >= 11 is 0. The Kier molecular flexibility index (Phi) is 58.0. The van der Waals surface area contributed by atoms with Crippen molar-refractivity contribution in [1.29, 1.82) is 0 Å². The Bertz CT molecular complexity index is 1130. The molecule has 0 heterocycles. The van der Waals surface area contributed by atoms with Crippen LogP contribution in [0.5, 0.6) is 0 Å². The maximum Gasteiger partial charge on any atom is 0.305 e. The molecule has 3 N–H and O–H groups in total. The highest BCUT2D eigenvalue weighted by atomic mass is 16.5. The van der Waals surface area contributed by atoms with Gasteiger partial charge in [0, 0.05) is 12.8 Å². The van der Waals surface area contributed by atoms with Crippen molar-refractivity contribution in [3.8, 4) is 0 Å². The molecule has 6 nitrogen and oxygen atoms in total. The molecule has 0 fully saturated rings. The molecule has 412 valence electrons. The minimum Gasteiger partial charge on any atom is -0.466 e. The molecule has 0 radical (unpaired) electrons. The molecule has 6 heteroatoms. The van der Waals surface area contributed by atoms with Gasteiger partial charge in [-0.3, -0.25) is 9.59 Å². The number of amides is 1. The predicted molar refractivity (Wildman–Crippen MR) is 306 cm³/mol. The van der Waals surface area contributed by atoms with Gasteiger partial charge in [0.1, 0.15) is 0 Å². The summed E-state index contributed by atoms with van der Waals surface area (Å²) in [4.78, 5) is 24.5. The average molecular weight is 985 g/mol. The summed E-state index contributed by atoms with van der Waals surface area (Å²) in [5.74, 6) is -0.0632. The molecular formula is C64H121NO5. The fourth-order valence-corrected chi connectivity index (χ4v) is 9.57. The monoisotopic (exact) mass is 984 g/mol.